The molecular weight excluding hydrogens is 292 g/mol. The summed E-state index contributed by atoms with van der Waals surface area (Å²) in [5.41, 5.74) is 0.898. The molecule has 0 unspecified atom stereocenters. The average Bonchev–Trinajstić information content (AvgIpc) is 2.74. The smallest absolute Gasteiger partial charge is 0.290 e. The van der Waals surface area contributed by atoms with Crippen LogP contribution in [-0.4, -0.2) is 21.6 Å². The first kappa shape index (κ1) is 13.9. The van der Waals surface area contributed by atoms with Crippen LogP contribution in [0.5, 0.6) is 0 Å². The molecule has 2 heterocycles. The molecule has 1 N–H and O–H groups in total. The second-order valence-electron chi connectivity index (χ2n) is 3.48. The minimum atomic E-state index is -2.62. The Bertz CT molecular complexity index is 589. The quantitative estimate of drug-likeness (QED) is 0.879. The highest BCUT2D eigenvalue weighted by Gasteiger charge is 2.17. The number of anilines is 1. The maximum atomic E-state index is 12.4. The number of carbonyl (C=O) groups is 1. The third-order valence-corrected chi connectivity index (χ3v) is 3.66. The van der Waals surface area contributed by atoms with Gasteiger partial charge in [0.05, 0.1) is 11.3 Å². The van der Waals surface area contributed by atoms with Gasteiger partial charge >= 0.3 is 0 Å². The molecule has 100 valence electrons. The summed E-state index contributed by atoms with van der Waals surface area (Å²) in [6.45, 7) is 1.80. The number of aromatic nitrogens is 2. The molecule has 0 aliphatic rings. The molecule has 0 aliphatic carbocycles. The highest BCUT2D eigenvalue weighted by Crippen LogP contribution is 2.27. The van der Waals surface area contributed by atoms with Crippen molar-refractivity contribution < 1.29 is 13.6 Å². The molecule has 0 saturated carbocycles. The number of hydrogen-bond acceptors (Lipinski definition) is 5. The van der Waals surface area contributed by atoms with Crippen molar-refractivity contribution in [2.75, 3.05) is 5.32 Å². The Morgan fingerprint density at radius 2 is 2.32 bits per heavy atom. The van der Waals surface area contributed by atoms with Crippen molar-refractivity contribution in [2.45, 2.75) is 17.7 Å². The number of nitrogens with zero attached hydrogens (tertiary/aromatic N) is 2. The van der Waals surface area contributed by atoms with E-state index in [0.29, 0.717) is 5.13 Å². The van der Waals surface area contributed by atoms with Crippen LogP contribution in [0.25, 0.3) is 0 Å². The number of alkyl halides is 2. The zero-order chi connectivity index (χ0) is 13.8. The fourth-order valence-corrected chi connectivity index (χ4v) is 2.58. The van der Waals surface area contributed by atoms with Crippen LogP contribution in [-0.2, 0) is 0 Å². The Kier molecular flexibility index (Phi) is 4.43. The summed E-state index contributed by atoms with van der Waals surface area (Å²) in [5.74, 6) is -3.12. The fraction of sp³-hybridized carbons (Fsp3) is 0.182. The highest BCUT2D eigenvalue weighted by atomic mass is 32.2. The van der Waals surface area contributed by atoms with Gasteiger partial charge in [-0.05, 0) is 30.8 Å². The van der Waals surface area contributed by atoms with Crippen LogP contribution >= 0.6 is 23.1 Å². The van der Waals surface area contributed by atoms with Crippen molar-refractivity contribution in [3.63, 3.8) is 0 Å². The van der Waals surface area contributed by atoms with Gasteiger partial charge in [0.25, 0.3) is 11.7 Å². The van der Waals surface area contributed by atoms with E-state index in [1.165, 1.54) is 29.7 Å². The number of nitrogens with one attached hydrogen (secondary N) is 1. The van der Waals surface area contributed by atoms with Gasteiger partial charge in [-0.3, -0.25) is 10.1 Å². The average molecular weight is 301 g/mol. The van der Waals surface area contributed by atoms with Crippen LogP contribution in [0.4, 0.5) is 13.9 Å². The monoisotopic (exact) mass is 301 g/mol. The number of hydrogen-bond donors (Lipinski definition) is 1. The molecule has 0 bridgehead atoms. The number of carbonyl (C=O) groups excluding carboxylic acids is 1. The summed E-state index contributed by atoms with van der Waals surface area (Å²) in [6.07, 6.45) is 1.37. The van der Waals surface area contributed by atoms with Crippen LogP contribution in [0.2, 0.25) is 0 Å². The molecule has 0 aromatic carbocycles. The molecule has 0 spiro atoms. The lowest BCUT2D eigenvalue weighted by atomic mass is 10.3. The SMILES string of the molecule is Cc1csc(NC(=O)c2cccnc2SC(F)F)n1. The lowest BCUT2D eigenvalue weighted by molar-refractivity contribution is 0.102. The first-order valence-electron chi connectivity index (χ1n) is 5.19. The zero-order valence-electron chi connectivity index (χ0n) is 9.76. The Balaban J connectivity index is 2.18. The molecule has 8 heteroatoms. The number of rotatable bonds is 4. The Hall–Kier alpha value is -1.54. The number of aryl methyl sites for hydroxylation is 1. The summed E-state index contributed by atoms with van der Waals surface area (Å²) < 4.78 is 24.8. The van der Waals surface area contributed by atoms with E-state index in [0.717, 1.165) is 5.69 Å². The van der Waals surface area contributed by atoms with Gasteiger partial charge in [-0.1, -0.05) is 0 Å². The van der Waals surface area contributed by atoms with Gasteiger partial charge in [0, 0.05) is 11.6 Å². The minimum Gasteiger partial charge on any atom is -0.298 e. The summed E-state index contributed by atoms with van der Waals surface area (Å²) in [7, 11) is 0. The van der Waals surface area contributed by atoms with Crippen molar-refractivity contribution in [2.24, 2.45) is 0 Å². The van der Waals surface area contributed by atoms with E-state index in [4.69, 9.17) is 0 Å². The number of amides is 1. The molecule has 2 aromatic rings. The second kappa shape index (κ2) is 6.07. The van der Waals surface area contributed by atoms with Crippen LogP contribution in [0, 0.1) is 6.92 Å². The topological polar surface area (TPSA) is 54.9 Å². The van der Waals surface area contributed by atoms with Gasteiger partial charge < -0.3 is 0 Å². The standard InChI is InChI=1S/C11H9F2N3OS2/c1-6-5-18-11(15-6)16-8(17)7-3-2-4-14-9(7)19-10(12)13/h2-5,10H,1H3,(H,15,16,17). The third kappa shape index (κ3) is 3.71. The number of thiazole rings is 1. The first-order chi connectivity index (χ1) is 9.06. The number of pyridine rings is 1. The van der Waals surface area contributed by atoms with E-state index < -0.39 is 11.7 Å². The molecule has 19 heavy (non-hydrogen) atoms. The van der Waals surface area contributed by atoms with Crippen molar-refractivity contribution in [1.29, 1.82) is 0 Å². The normalized spacial score (nSPS) is 10.7. The molecule has 2 aromatic heterocycles. The van der Waals surface area contributed by atoms with Gasteiger partial charge in [-0.15, -0.1) is 11.3 Å². The Morgan fingerprint density at radius 3 is 2.95 bits per heavy atom. The van der Waals surface area contributed by atoms with E-state index in [1.807, 2.05) is 0 Å². The van der Waals surface area contributed by atoms with E-state index >= 15 is 0 Å². The molecule has 0 atom stereocenters. The zero-order valence-corrected chi connectivity index (χ0v) is 11.4. The van der Waals surface area contributed by atoms with Crippen molar-refractivity contribution in [3.05, 3.63) is 35.0 Å². The van der Waals surface area contributed by atoms with Crippen LogP contribution in [0.3, 0.4) is 0 Å². The van der Waals surface area contributed by atoms with Gasteiger partial charge in [0.15, 0.2) is 5.13 Å². The first-order valence-corrected chi connectivity index (χ1v) is 6.95. The lowest BCUT2D eigenvalue weighted by Gasteiger charge is -2.06. The summed E-state index contributed by atoms with van der Waals surface area (Å²) >= 11 is 1.52. The number of thioether (sulfide) groups is 1. The third-order valence-electron chi connectivity index (χ3n) is 2.06. The minimum absolute atomic E-state index is 0.00304. The van der Waals surface area contributed by atoms with Gasteiger partial charge in [0.2, 0.25) is 0 Å². The molecule has 1 amide bonds. The molecule has 0 aliphatic heterocycles. The molecule has 0 saturated heterocycles. The largest absolute Gasteiger partial charge is 0.298 e. The summed E-state index contributed by atoms with van der Waals surface area (Å²) in [4.78, 5) is 19.9. The maximum absolute atomic E-state index is 12.4. The lowest BCUT2D eigenvalue weighted by Crippen LogP contribution is -2.13. The van der Waals surface area contributed by atoms with E-state index in [9.17, 15) is 13.6 Å². The van der Waals surface area contributed by atoms with E-state index in [1.54, 1.807) is 12.3 Å². The Labute approximate surface area is 116 Å². The Morgan fingerprint density at radius 1 is 1.53 bits per heavy atom. The van der Waals surface area contributed by atoms with Crippen molar-refractivity contribution in [1.82, 2.24) is 9.97 Å². The molecule has 0 fully saturated rings. The number of halogens is 2. The predicted molar refractivity (Wildman–Crippen MR) is 70.9 cm³/mol. The summed E-state index contributed by atoms with van der Waals surface area (Å²) in [5, 5.41) is 4.78. The van der Waals surface area contributed by atoms with E-state index in [-0.39, 0.29) is 22.4 Å². The molecular formula is C11H9F2N3OS2. The second-order valence-corrected chi connectivity index (χ2v) is 5.32. The molecule has 0 radical (unpaired) electrons. The van der Waals surface area contributed by atoms with Gasteiger partial charge in [0.1, 0.15) is 5.03 Å². The van der Waals surface area contributed by atoms with Crippen molar-refractivity contribution >= 4 is 34.1 Å². The highest BCUT2D eigenvalue weighted by molar-refractivity contribution is 7.99. The van der Waals surface area contributed by atoms with Gasteiger partial charge in [-0.25, -0.2) is 9.97 Å². The fourth-order valence-electron chi connectivity index (χ4n) is 1.32. The summed E-state index contributed by atoms with van der Waals surface area (Å²) in [6, 6.07) is 2.98. The van der Waals surface area contributed by atoms with Crippen LogP contribution in [0.1, 0.15) is 16.1 Å². The molecule has 4 nitrogen and oxygen atoms in total. The maximum Gasteiger partial charge on any atom is 0.290 e. The van der Waals surface area contributed by atoms with Crippen molar-refractivity contribution in [3.8, 4) is 0 Å². The van der Waals surface area contributed by atoms with E-state index in [2.05, 4.69) is 15.3 Å². The van der Waals surface area contributed by atoms with Crippen LogP contribution in [0.15, 0.2) is 28.7 Å². The molecule has 2 rings (SSSR count). The van der Waals surface area contributed by atoms with Crippen LogP contribution < -0.4 is 5.32 Å². The van der Waals surface area contributed by atoms with Gasteiger partial charge in [-0.2, -0.15) is 8.78 Å². The predicted octanol–water partition coefficient (Wildman–Crippen LogP) is 3.41.